The van der Waals surface area contributed by atoms with Crippen LogP contribution in [0.25, 0.3) is 16.6 Å². The van der Waals surface area contributed by atoms with Crippen LogP contribution in [0.15, 0.2) is 42.7 Å². The van der Waals surface area contributed by atoms with E-state index in [2.05, 4.69) is 21.9 Å². The number of carbonyl (C=O) groups excluding carboxylic acids is 2. The molecule has 2 aromatic heterocycles. The van der Waals surface area contributed by atoms with Crippen molar-refractivity contribution in [1.29, 1.82) is 0 Å². The second-order valence-corrected chi connectivity index (χ2v) is 6.92. The molecule has 1 aromatic carbocycles. The standard InChI is InChI=1S/C21H19N5O3/c1-25-10-8-21(29,20(25)28)7-5-14-3-2-4-15(11-14)26-17-6-9-23-13-16(17)19(24-26)18(27)12-22/h2-4,6,9,11,13,29H,8,10,12,22H2,1H3/t21-/m0/s1. The maximum atomic E-state index is 12.2. The highest BCUT2D eigenvalue weighted by molar-refractivity contribution is 6.07. The first-order valence-corrected chi connectivity index (χ1v) is 9.10. The highest BCUT2D eigenvalue weighted by atomic mass is 16.3. The summed E-state index contributed by atoms with van der Waals surface area (Å²) in [7, 11) is 1.64. The fourth-order valence-electron chi connectivity index (χ4n) is 3.32. The number of amides is 1. The number of hydrogen-bond acceptors (Lipinski definition) is 6. The number of likely N-dealkylation sites (tertiary alicyclic amines) is 1. The Kier molecular flexibility index (Phi) is 4.62. The zero-order valence-electron chi connectivity index (χ0n) is 15.8. The lowest BCUT2D eigenvalue weighted by molar-refractivity contribution is -0.137. The van der Waals surface area contributed by atoms with E-state index in [-0.39, 0.29) is 24.4 Å². The first kappa shape index (κ1) is 18.8. The van der Waals surface area contributed by atoms with E-state index < -0.39 is 11.5 Å². The number of likely N-dealkylation sites (N-methyl/N-ethyl adjacent to an activating group) is 1. The van der Waals surface area contributed by atoms with E-state index in [1.165, 1.54) is 4.90 Å². The second-order valence-electron chi connectivity index (χ2n) is 6.92. The van der Waals surface area contributed by atoms with E-state index in [1.54, 1.807) is 48.4 Å². The van der Waals surface area contributed by atoms with Crippen LogP contribution >= 0.6 is 0 Å². The Hall–Kier alpha value is -3.54. The maximum absolute atomic E-state index is 12.2. The van der Waals surface area contributed by atoms with Crippen molar-refractivity contribution in [2.24, 2.45) is 5.73 Å². The summed E-state index contributed by atoms with van der Waals surface area (Å²) < 4.78 is 1.63. The van der Waals surface area contributed by atoms with Crippen molar-refractivity contribution in [2.45, 2.75) is 12.0 Å². The number of aromatic nitrogens is 3. The number of fused-ring (bicyclic) bond motifs is 1. The minimum absolute atomic E-state index is 0.145. The van der Waals surface area contributed by atoms with E-state index in [4.69, 9.17) is 5.73 Å². The Morgan fingerprint density at radius 3 is 2.93 bits per heavy atom. The normalized spacial score (nSPS) is 18.7. The largest absolute Gasteiger partial charge is 0.369 e. The van der Waals surface area contributed by atoms with Crippen molar-refractivity contribution in [3.05, 3.63) is 54.0 Å². The average Bonchev–Trinajstić information content (AvgIpc) is 3.26. The summed E-state index contributed by atoms with van der Waals surface area (Å²) in [5, 5.41) is 15.5. The molecule has 1 fully saturated rings. The minimum Gasteiger partial charge on any atom is -0.369 e. The van der Waals surface area contributed by atoms with Crippen molar-refractivity contribution in [3.63, 3.8) is 0 Å². The molecule has 8 nitrogen and oxygen atoms in total. The number of rotatable bonds is 3. The van der Waals surface area contributed by atoms with Crippen LogP contribution in [0.5, 0.6) is 0 Å². The fourth-order valence-corrected chi connectivity index (χ4v) is 3.32. The first-order valence-electron chi connectivity index (χ1n) is 9.10. The summed E-state index contributed by atoms with van der Waals surface area (Å²) >= 11 is 0. The van der Waals surface area contributed by atoms with Gasteiger partial charge in [-0.2, -0.15) is 5.10 Å². The van der Waals surface area contributed by atoms with Gasteiger partial charge in [0.1, 0.15) is 5.69 Å². The third-order valence-electron chi connectivity index (χ3n) is 4.94. The SMILES string of the molecule is CN1CC[C@@](O)(C#Cc2cccc(-n3nc(C(=O)CN)c4cnccc43)c2)C1=O. The van der Waals surface area contributed by atoms with Gasteiger partial charge in [0.05, 0.1) is 17.7 Å². The lowest BCUT2D eigenvalue weighted by Gasteiger charge is -2.13. The van der Waals surface area contributed by atoms with Crippen LogP contribution in [-0.2, 0) is 4.79 Å². The monoisotopic (exact) mass is 389 g/mol. The molecule has 0 aliphatic carbocycles. The fraction of sp³-hybridized carbons (Fsp3) is 0.238. The van der Waals surface area contributed by atoms with E-state index in [9.17, 15) is 14.7 Å². The highest BCUT2D eigenvalue weighted by Gasteiger charge is 2.42. The molecule has 29 heavy (non-hydrogen) atoms. The number of Topliss-reactive ketones (excluding diaryl/α,β-unsaturated/α-hetero) is 1. The molecule has 0 bridgehead atoms. The molecule has 1 aliphatic heterocycles. The van der Waals surface area contributed by atoms with Crippen LogP contribution in [0, 0.1) is 11.8 Å². The quantitative estimate of drug-likeness (QED) is 0.498. The number of carbonyl (C=O) groups is 2. The van der Waals surface area contributed by atoms with Gasteiger partial charge in [-0.25, -0.2) is 4.68 Å². The molecule has 4 rings (SSSR count). The lowest BCUT2D eigenvalue weighted by Crippen LogP contribution is -2.37. The third kappa shape index (κ3) is 3.27. The average molecular weight is 389 g/mol. The van der Waals surface area contributed by atoms with Gasteiger partial charge in [-0.05, 0) is 24.3 Å². The number of benzene rings is 1. The van der Waals surface area contributed by atoms with Crippen molar-refractivity contribution in [2.75, 3.05) is 20.1 Å². The molecule has 0 spiro atoms. The smallest absolute Gasteiger partial charge is 0.267 e. The Morgan fingerprint density at radius 1 is 1.38 bits per heavy atom. The second kappa shape index (κ2) is 7.13. The molecule has 1 atom stereocenters. The van der Waals surface area contributed by atoms with Gasteiger partial charge in [-0.1, -0.05) is 17.9 Å². The number of pyridine rings is 1. The third-order valence-corrected chi connectivity index (χ3v) is 4.94. The predicted octanol–water partition coefficient (Wildman–Crippen LogP) is 0.507. The summed E-state index contributed by atoms with van der Waals surface area (Å²) in [6, 6.07) is 8.96. The Labute approximate surface area is 166 Å². The Balaban J connectivity index is 1.75. The molecule has 146 valence electrons. The van der Waals surface area contributed by atoms with Crippen LogP contribution in [0.2, 0.25) is 0 Å². The number of nitrogens with zero attached hydrogens (tertiary/aromatic N) is 4. The maximum Gasteiger partial charge on any atom is 0.267 e. The highest BCUT2D eigenvalue weighted by Crippen LogP contribution is 2.23. The van der Waals surface area contributed by atoms with Gasteiger partial charge >= 0.3 is 0 Å². The van der Waals surface area contributed by atoms with Crippen LogP contribution in [0.4, 0.5) is 0 Å². The molecular weight excluding hydrogens is 370 g/mol. The van der Waals surface area contributed by atoms with Crippen molar-refractivity contribution in [3.8, 4) is 17.5 Å². The zero-order valence-corrected chi connectivity index (χ0v) is 15.8. The minimum atomic E-state index is -1.66. The topological polar surface area (TPSA) is 114 Å². The zero-order chi connectivity index (χ0) is 20.6. The van der Waals surface area contributed by atoms with Crippen molar-refractivity contribution in [1.82, 2.24) is 19.7 Å². The molecule has 3 N–H and O–H groups in total. The van der Waals surface area contributed by atoms with Gasteiger partial charge in [0.15, 0.2) is 5.78 Å². The van der Waals surface area contributed by atoms with Crippen molar-refractivity contribution >= 4 is 22.6 Å². The predicted molar refractivity (Wildman–Crippen MR) is 106 cm³/mol. The van der Waals surface area contributed by atoms with Gasteiger partial charge in [0.2, 0.25) is 5.60 Å². The summed E-state index contributed by atoms with van der Waals surface area (Å²) in [6.45, 7) is 0.322. The molecule has 8 heteroatoms. The van der Waals surface area contributed by atoms with Crippen molar-refractivity contribution < 1.29 is 14.7 Å². The molecule has 3 heterocycles. The number of aliphatic hydroxyl groups is 1. The molecule has 1 saturated heterocycles. The van der Waals surface area contributed by atoms with Gasteiger partial charge in [0.25, 0.3) is 5.91 Å². The van der Waals surface area contributed by atoms with Crippen LogP contribution in [0.1, 0.15) is 22.5 Å². The van der Waals surface area contributed by atoms with E-state index in [0.29, 0.717) is 28.7 Å². The molecule has 3 aromatic rings. The summed E-state index contributed by atoms with van der Waals surface area (Å²) in [5.74, 6) is 4.93. The van der Waals surface area contributed by atoms with Gasteiger partial charge < -0.3 is 15.7 Å². The van der Waals surface area contributed by atoms with E-state index >= 15 is 0 Å². The van der Waals surface area contributed by atoms with Gasteiger partial charge in [-0.15, -0.1) is 0 Å². The van der Waals surface area contributed by atoms with E-state index in [0.717, 1.165) is 0 Å². The van der Waals surface area contributed by atoms with Crippen LogP contribution in [-0.4, -0.2) is 62.2 Å². The van der Waals surface area contributed by atoms with Gasteiger partial charge in [-0.3, -0.25) is 14.6 Å². The lowest BCUT2D eigenvalue weighted by atomic mass is 10.0. The molecule has 1 aliphatic rings. The summed E-state index contributed by atoms with van der Waals surface area (Å²) in [6.07, 6.45) is 3.48. The van der Waals surface area contributed by atoms with Crippen LogP contribution in [0.3, 0.4) is 0 Å². The van der Waals surface area contributed by atoms with E-state index in [1.807, 2.05) is 6.07 Å². The summed E-state index contributed by atoms with van der Waals surface area (Å²) in [4.78, 5) is 29.8. The van der Waals surface area contributed by atoms with Gasteiger partial charge in [0, 0.05) is 43.4 Å². The first-order chi connectivity index (χ1) is 13.9. The number of nitrogens with two attached hydrogens (primary N) is 1. The molecule has 0 unspecified atom stereocenters. The Morgan fingerprint density at radius 2 is 2.21 bits per heavy atom. The number of ketones is 1. The van der Waals surface area contributed by atoms with Crippen LogP contribution < -0.4 is 5.73 Å². The Bertz CT molecular complexity index is 1190. The molecule has 0 radical (unpaired) electrons. The number of hydrogen-bond donors (Lipinski definition) is 2. The molecular formula is C21H19N5O3. The molecule has 1 amide bonds. The summed E-state index contributed by atoms with van der Waals surface area (Å²) in [5.41, 5.74) is 6.13. The molecule has 0 saturated carbocycles.